The Balaban J connectivity index is 1.59. The molecular formula is C17H26N2O3. The molecule has 0 bridgehead atoms. The van der Waals surface area contributed by atoms with Crippen molar-refractivity contribution in [3.8, 4) is 5.75 Å². The van der Waals surface area contributed by atoms with Crippen LogP contribution in [0.25, 0.3) is 0 Å². The second kappa shape index (κ2) is 8.76. The van der Waals surface area contributed by atoms with Crippen LogP contribution in [0.2, 0.25) is 0 Å². The molecule has 0 aliphatic carbocycles. The Morgan fingerprint density at radius 1 is 1.32 bits per heavy atom. The summed E-state index contributed by atoms with van der Waals surface area (Å²) < 4.78 is 11.0. The zero-order valence-electron chi connectivity index (χ0n) is 13.6. The number of aryl methyl sites for hydroxylation is 2. The van der Waals surface area contributed by atoms with Gasteiger partial charge < -0.3 is 14.8 Å². The SMILES string of the molecule is Cc1ccc(OCCC(=O)NCCN2CCOCC2)c(C)c1. The molecule has 22 heavy (non-hydrogen) atoms. The Hall–Kier alpha value is -1.59. The highest BCUT2D eigenvalue weighted by atomic mass is 16.5. The fourth-order valence-corrected chi connectivity index (χ4v) is 2.48. The number of amides is 1. The van der Waals surface area contributed by atoms with Crippen LogP contribution in [0.5, 0.6) is 5.75 Å². The molecule has 1 fully saturated rings. The third-order valence-corrected chi connectivity index (χ3v) is 3.77. The summed E-state index contributed by atoms with van der Waals surface area (Å²) in [5.41, 5.74) is 2.32. The zero-order valence-corrected chi connectivity index (χ0v) is 13.6. The molecule has 5 heteroatoms. The highest BCUT2D eigenvalue weighted by molar-refractivity contribution is 5.75. The Bertz CT molecular complexity index is 485. The summed E-state index contributed by atoms with van der Waals surface area (Å²) in [7, 11) is 0. The minimum absolute atomic E-state index is 0.0398. The van der Waals surface area contributed by atoms with Crippen molar-refractivity contribution in [2.45, 2.75) is 20.3 Å². The Kier molecular flexibility index (Phi) is 6.68. The van der Waals surface area contributed by atoms with Crippen molar-refractivity contribution >= 4 is 5.91 Å². The maximum absolute atomic E-state index is 11.8. The van der Waals surface area contributed by atoms with Gasteiger partial charge in [-0.1, -0.05) is 17.7 Å². The van der Waals surface area contributed by atoms with Crippen molar-refractivity contribution in [2.75, 3.05) is 46.0 Å². The van der Waals surface area contributed by atoms with Gasteiger partial charge in [-0.05, 0) is 25.5 Å². The molecule has 122 valence electrons. The van der Waals surface area contributed by atoms with Crippen molar-refractivity contribution < 1.29 is 14.3 Å². The van der Waals surface area contributed by atoms with E-state index < -0.39 is 0 Å². The summed E-state index contributed by atoms with van der Waals surface area (Å²) in [6, 6.07) is 6.06. The monoisotopic (exact) mass is 306 g/mol. The molecule has 1 aliphatic heterocycles. The molecule has 0 saturated carbocycles. The number of benzene rings is 1. The molecule has 1 heterocycles. The number of nitrogens with one attached hydrogen (secondary N) is 1. The van der Waals surface area contributed by atoms with Gasteiger partial charge in [0.15, 0.2) is 0 Å². The summed E-state index contributed by atoms with van der Waals surface area (Å²) in [5.74, 6) is 0.893. The zero-order chi connectivity index (χ0) is 15.8. The molecular weight excluding hydrogens is 280 g/mol. The minimum atomic E-state index is 0.0398. The standard InChI is InChI=1S/C17H26N2O3/c1-14-3-4-16(15(2)13-14)22-10-5-17(20)18-6-7-19-8-11-21-12-9-19/h3-4,13H,5-12H2,1-2H3,(H,18,20). The first-order valence-corrected chi connectivity index (χ1v) is 7.92. The fraction of sp³-hybridized carbons (Fsp3) is 0.588. The fourth-order valence-electron chi connectivity index (χ4n) is 2.48. The van der Waals surface area contributed by atoms with Gasteiger partial charge in [-0.2, -0.15) is 0 Å². The van der Waals surface area contributed by atoms with E-state index in [1.165, 1.54) is 5.56 Å². The average molecular weight is 306 g/mol. The van der Waals surface area contributed by atoms with E-state index in [0.717, 1.165) is 44.2 Å². The molecule has 0 spiro atoms. The Morgan fingerprint density at radius 2 is 2.09 bits per heavy atom. The van der Waals surface area contributed by atoms with Gasteiger partial charge in [0.2, 0.25) is 5.91 Å². The quantitative estimate of drug-likeness (QED) is 0.830. The third-order valence-electron chi connectivity index (χ3n) is 3.77. The van der Waals surface area contributed by atoms with E-state index in [2.05, 4.69) is 23.2 Å². The average Bonchev–Trinajstić information content (AvgIpc) is 2.50. The maximum atomic E-state index is 11.8. The lowest BCUT2D eigenvalue weighted by Gasteiger charge is -2.26. The van der Waals surface area contributed by atoms with Gasteiger partial charge in [-0.3, -0.25) is 9.69 Å². The molecule has 1 aromatic rings. The van der Waals surface area contributed by atoms with E-state index in [9.17, 15) is 4.79 Å². The van der Waals surface area contributed by atoms with Gasteiger partial charge in [-0.25, -0.2) is 0 Å². The number of nitrogens with zero attached hydrogens (tertiary/aromatic N) is 1. The smallest absolute Gasteiger partial charge is 0.223 e. The number of hydrogen-bond acceptors (Lipinski definition) is 4. The van der Waals surface area contributed by atoms with Crippen LogP contribution < -0.4 is 10.1 Å². The predicted octanol–water partition coefficient (Wildman–Crippen LogP) is 1.52. The topological polar surface area (TPSA) is 50.8 Å². The summed E-state index contributed by atoms with van der Waals surface area (Å²) in [5, 5.41) is 2.94. The maximum Gasteiger partial charge on any atom is 0.223 e. The number of carbonyl (C=O) groups excluding carboxylic acids is 1. The van der Waals surface area contributed by atoms with Crippen molar-refractivity contribution in [1.82, 2.24) is 10.2 Å². The van der Waals surface area contributed by atoms with E-state index in [0.29, 0.717) is 19.6 Å². The van der Waals surface area contributed by atoms with Crippen LogP contribution in [0, 0.1) is 13.8 Å². The van der Waals surface area contributed by atoms with Gasteiger partial charge in [0.1, 0.15) is 5.75 Å². The molecule has 0 atom stereocenters. The van der Waals surface area contributed by atoms with Crippen LogP contribution >= 0.6 is 0 Å². The van der Waals surface area contributed by atoms with Gasteiger partial charge >= 0.3 is 0 Å². The highest BCUT2D eigenvalue weighted by Gasteiger charge is 2.10. The van der Waals surface area contributed by atoms with Crippen LogP contribution in [0.4, 0.5) is 0 Å². The molecule has 0 radical (unpaired) electrons. The normalized spacial score (nSPS) is 15.5. The molecule has 0 unspecified atom stereocenters. The van der Waals surface area contributed by atoms with Crippen LogP contribution in [0.15, 0.2) is 18.2 Å². The molecule has 1 amide bonds. The first-order chi connectivity index (χ1) is 10.6. The lowest BCUT2D eigenvalue weighted by molar-refractivity contribution is -0.121. The van der Waals surface area contributed by atoms with Crippen LogP contribution in [0.3, 0.4) is 0 Å². The van der Waals surface area contributed by atoms with Crippen molar-refractivity contribution in [3.63, 3.8) is 0 Å². The van der Waals surface area contributed by atoms with E-state index in [4.69, 9.17) is 9.47 Å². The first kappa shape index (κ1) is 16.8. The largest absolute Gasteiger partial charge is 0.493 e. The first-order valence-electron chi connectivity index (χ1n) is 7.92. The minimum Gasteiger partial charge on any atom is -0.493 e. The number of hydrogen-bond donors (Lipinski definition) is 1. The van der Waals surface area contributed by atoms with Crippen LogP contribution in [0.1, 0.15) is 17.5 Å². The summed E-state index contributed by atoms with van der Waals surface area (Å²) >= 11 is 0. The van der Waals surface area contributed by atoms with Crippen LogP contribution in [-0.4, -0.2) is 56.8 Å². The predicted molar refractivity (Wildman–Crippen MR) is 86.3 cm³/mol. The van der Waals surface area contributed by atoms with E-state index in [1.54, 1.807) is 0 Å². The molecule has 1 aliphatic rings. The Labute approximate surface area is 132 Å². The van der Waals surface area contributed by atoms with Crippen molar-refractivity contribution in [1.29, 1.82) is 0 Å². The van der Waals surface area contributed by atoms with E-state index in [-0.39, 0.29) is 5.91 Å². The number of rotatable bonds is 7. The van der Waals surface area contributed by atoms with E-state index >= 15 is 0 Å². The molecule has 1 aromatic carbocycles. The summed E-state index contributed by atoms with van der Waals surface area (Å²) in [6.45, 7) is 9.53. The molecule has 1 N–H and O–H groups in total. The number of morpholine rings is 1. The lowest BCUT2D eigenvalue weighted by atomic mass is 10.1. The lowest BCUT2D eigenvalue weighted by Crippen LogP contribution is -2.41. The van der Waals surface area contributed by atoms with E-state index in [1.807, 2.05) is 19.1 Å². The van der Waals surface area contributed by atoms with Crippen molar-refractivity contribution in [3.05, 3.63) is 29.3 Å². The van der Waals surface area contributed by atoms with Gasteiger partial charge in [0.05, 0.1) is 26.2 Å². The molecule has 1 saturated heterocycles. The molecule has 0 aromatic heterocycles. The van der Waals surface area contributed by atoms with Crippen LogP contribution in [-0.2, 0) is 9.53 Å². The molecule has 2 rings (SSSR count). The second-order valence-corrected chi connectivity index (χ2v) is 5.67. The summed E-state index contributed by atoms with van der Waals surface area (Å²) in [6.07, 6.45) is 0.385. The summed E-state index contributed by atoms with van der Waals surface area (Å²) in [4.78, 5) is 14.1. The third kappa shape index (κ3) is 5.66. The number of ether oxygens (including phenoxy) is 2. The Morgan fingerprint density at radius 3 is 2.82 bits per heavy atom. The second-order valence-electron chi connectivity index (χ2n) is 5.67. The number of carbonyl (C=O) groups is 1. The van der Waals surface area contributed by atoms with Gasteiger partial charge in [0.25, 0.3) is 0 Å². The van der Waals surface area contributed by atoms with Gasteiger partial charge in [-0.15, -0.1) is 0 Å². The molecule has 5 nitrogen and oxygen atoms in total. The van der Waals surface area contributed by atoms with Gasteiger partial charge in [0, 0.05) is 26.2 Å². The highest BCUT2D eigenvalue weighted by Crippen LogP contribution is 2.18. The van der Waals surface area contributed by atoms with Crippen molar-refractivity contribution in [2.24, 2.45) is 0 Å².